The van der Waals surface area contributed by atoms with Crippen LogP contribution in [-0.2, 0) is 4.79 Å². The van der Waals surface area contributed by atoms with E-state index in [0.717, 1.165) is 17.9 Å². The Morgan fingerprint density at radius 3 is 2.60 bits per heavy atom. The Morgan fingerprint density at radius 2 is 2.20 bits per heavy atom. The first kappa shape index (κ1) is 12.3. The minimum Gasteiger partial charge on any atom is -0.331 e. The highest BCUT2D eigenvalue weighted by molar-refractivity contribution is 5.82. The Kier molecular flexibility index (Phi) is 3.96. The zero-order valence-corrected chi connectivity index (χ0v) is 8.60. The lowest BCUT2D eigenvalue weighted by Gasteiger charge is -2.34. The molecule has 0 aromatic heterocycles. The number of hydrogen-bond donors (Lipinski definition) is 1. The molecule has 0 radical (unpaired) electrons. The highest BCUT2D eigenvalue weighted by Gasteiger charge is 2.44. The number of hydrogen-bond acceptors (Lipinski definition) is 2. The number of nitrogens with one attached hydrogen (secondary N) is 1. The second-order valence-corrected chi connectivity index (χ2v) is 3.59. The van der Waals surface area contributed by atoms with Crippen molar-refractivity contribution < 1.29 is 18.0 Å². The third-order valence-corrected chi connectivity index (χ3v) is 2.56. The number of piperidine rings is 1. The van der Waals surface area contributed by atoms with Crippen LogP contribution in [-0.4, -0.2) is 42.7 Å². The number of amides is 1. The maximum atomic E-state index is 12.2. The SMILES string of the molecule is CCN(C(=O)C(F)(F)F)C1CCCNC1. The molecule has 1 aliphatic heterocycles. The number of carbonyl (C=O) groups is 1. The summed E-state index contributed by atoms with van der Waals surface area (Å²) < 4.78 is 36.7. The molecule has 88 valence electrons. The lowest BCUT2D eigenvalue weighted by Crippen LogP contribution is -2.52. The molecule has 1 rings (SSSR count). The van der Waals surface area contributed by atoms with Gasteiger partial charge in [-0.15, -0.1) is 0 Å². The van der Waals surface area contributed by atoms with Crippen LogP contribution in [0, 0.1) is 0 Å². The van der Waals surface area contributed by atoms with Crippen molar-refractivity contribution in [3.05, 3.63) is 0 Å². The van der Waals surface area contributed by atoms with Gasteiger partial charge in [-0.3, -0.25) is 4.79 Å². The fraction of sp³-hybridized carbons (Fsp3) is 0.889. The van der Waals surface area contributed by atoms with Crippen LogP contribution in [0.2, 0.25) is 0 Å². The molecule has 1 saturated heterocycles. The summed E-state index contributed by atoms with van der Waals surface area (Å²) in [7, 11) is 0. The van der Waals surface area contributed by atoms with E-state index in [0.29, 0.717) is 13.0 Å². The maximum absolute atomic E-state index is 12.2. The third kappa shape index (κ3) is 3.09. The maximum Gasteiger partial charge on any atom is 0.471 e. The fourth-order valence-corrected chi connectivity index (χ4v) is 1.83. The Hall–Kier alpha value is -0.780. The zero-order valence-electron chi connectivity index (χ0n) is 8.60. The van der Waals surface area contributed by atoms with Gasteiger partial charge in [0.25, 0.3) is 0 Å². The minimum atomic E-state index is -4.76. The van der Waals surface area contributed by atoms with Gasteiger partial charge in [0.2, 0.25) is 0 Å². The lowest BCUT2D eigenvalue weighted by molar-refractivity contribution is -0.187. The summed E-state index contributed by atoms with van der Waals surface area (Å²) in [5, 5.41) is 2.99. The fourth-order valence-electron chi connectivity index (χ4n) is 1.83. The van der Waals surface area contributed by atoms with Crippen molar-refractivity contribution in [3.63, 3.8) is 0 Å². The van der Waals surface area contributed by atoms with Crippen molar-refractivity contribution in [2.75, 3.05) is 19.6 Å². The van der Waals surface area contributed by atoms with Crippen LogP contribution in [0.4, 0.5) is 13.2 Å². The van der Waals surface area contributed by atoms with Crippen LogP contribution >= 0.6 is 0 Å². The van der Waals surface area contributed by atoms with E-state index in [9.17, 15) is 18.0 Å². The van der Waals surface area contributed by atoms with Gasteiger partial charge in [-0.2, -0.15) is 13.2 Å². The van der Waals surface area contributed by atoms with Crippen LogP contribution < -0.4 is 5.32 Å². The topological polar surface area (TPSA) is 32.3 Å². The molecule has 3 nitrogen and oxygen atoms in total. The molecule has 1 atom stereocenters. The quantitative estimate of drug-likeness (QED) is 0.763. The van der Waals surface area contributed by atoms with Crippen molar-refractivity contribution >= 4 is 5.91 Å². The molecule has 1 unspecified atom stereocenters. The molecule has 0 aromatic rings. The van der Waals surface area contributed by atoms with E-state index in [1.54, 1.807) is 6.92 Å². The molecule has 1 amide bonds. The molecule has 0 aliphatic carbocycles. The molecule has 0 aromatic carbocycles. The predicted octanol–water partition coefficient (Wildman–Crippen LogP) is 1.15. The first-order valence-electron chi connectivity index (χ1n) is 5.05. The number of rotatable bonds is 2. The molecule has 15 heavy (non-hydrogen) atoms. The number of halogens is 3. The summed E-state index contributed by atoms with van der Waals surface area (Å²) in [6, 6.07) is -0.321. The number of alkyl halides is 3. The van der Waals surface area contributed by atoms with Crippen LogP contribution in [0.3, 0.4) is 0 Å². The Morgan fingerprint density at radius 1 is 1.53 bits per heavy atom. The molecule has 0 saturated carbocycles. The van der Waals surface area contributed by atoms with Crippen molar-refractivity contribution in [3.8, 4) is 0 Å². The molecular weight excluding hydrogens is 209 g/mol. The lowest BCUT2D eigenvalue weighted by atomic mass is 10.1. The van der Waals surface area contributed by atoms with Gasteiger partial charge >= 0.3 is 12.1 Å². The summed E-state index contributed by atoms with van der Waals surface area (Å²) in [6.45, 7) is 2.94. The minimum absolute atomic E-state index is 0.102. The van der Waals surface area contributed by atoms with Gasteiger partial charge in [0, 0.05) is 19.1 Å². The summed E-state index contributed by atoms with van der Waals surface area (Å²) >= 11 is 0. The Balaban J connectivity index is 2.65. The molecule has 1 heterocycles. The first-order chi connectivity index (χ1) is 6.96. The Bertz CT molecular complexity index is 224. The van der Waals surface area contributed by atoms with E-state index in [4.69, 9.17) is 0 Å². The number of nitrogens with zero attached hydrogens (tertiary/aromatic N) is 1. The first-order valence-corrected chi connectivity index (χ1v) is 5.05. The van der Waals surface area contributed by atoms with Crippen molar-refractivity contribution in [1.82, 2.24) is 10.2 Å². The van der Waals surface area contributed by atoms with E-state index >= 15 is 0 Å². The van der Waals surface area contributed by atoms with E-state index in [-0.39, 0.29) is 12.6 Å². The van der Waals surface area contributed by atoms with Crippen molar-refractivity contribution in [2.45, 2.75) is 32.0 Å². The molecule has 0 bridgehead atoms. The zero-order chi connectivity index (χ0) is 11.5. The molecule has 1 fully saturated rings. The third-order valence-electron chi connectivity index (χ3n) is 2.56. The van der Waals surface area contributed by atoms with Gasteiger partial charge in [-0.05, 0) is 26.3 Å². The average Bonchev–Trinajstić information content (AvgIpc) is 2.19. The van der Waals surface area contributed by atoms with Gasteiger partial charge in [0.15, 0.2) is 0 Å². The van der Waals surface area contributed by atoms with Gasteiger partial charge in [0.05, 0.1) is 0 Å². The standard InChI is InChI=1S/C9H15F3N2O/c1-2-14(8(15)9(10,11)12)7-4-3-5-13-6-7/h7,13H,2-6H2,1H3. The highest BCUT2D eigenvalue weighted by atomic mass is 19.4. The van der Waals surface area contributed by atoms with Crippen LogP contribution in [0.5, 0.6) is 0 Å². The monoisotopic (exact) mass is 224 g/mol. The van der Waals surface area contributed by atoms with Gasteiger partial charge < -0.3 is 10.2 Å². The average molecular weight is 224 g/mol. The van der Waals surface area contributed by atoms with Crippen molar-refractivity contribution in [1.29, 1.82) is 0 Å². The Labute approximate surface area is 86.6 Å². The van der Waals surface area contributed by atoms with E-state index in [2.05, 4.69) is 5.32 Å². The van der Waals surface area contributed by atoms with Crippen molar-refractivity contribution in [2.24, 2.45) is 0 Å². The highest BCUT2D eigenvalue weighted by Crippen LogP contribution is 2.21. The van der Waals surface area contributed by atoms with E-state index < -0.39 is 12.1 Å². The van der Waals surface area contributed by atoms with Gasteiger partial charge in [-0.25, -0.2) is 0 Å². The predicted molar refractivity (Wildman–Crippen MR) is 49.3 cm³/mol. The largest absolute Gasteiger partial charge is 0.471 e. The molecule has 1 N–H and O–H groups in total. The summed E-state index contributed by atoms with van der Waals surface area (Å²) in [5.74, 6) is -1.72. The summed E-state index contributed by atoms with van der Waals surface area (Å²) in [4.78, 5) is 12.0. The molecule has 0 spiro atoms. The molecular formula is C9H15F3N2O. The molecule has 1 aliphatic rings. The normalized spacial score (nSPS) is 22.5. The summed E-state index contributed by atoms with van der Waals surface area (Å²) in [6.07, 6.45) is -3.30. The van der Waals surface area contributed by atoms with E-state index in [1.165, 1.54) is 0 Å². The number of likely N-dealkylation sites (N-methyl/N-ethyl adjacent to an activating group) is 1. The smallest absolute Gasteiger partial charge is 0.331 e. The second-order valence-electron chi connectivity index (χ2n) is 3.59. The van der Waals surface area contributed by atoms with Crippen LogP contribution in [0.25, 0.3) is 0 Å². The molecule has 6 heteroatoms. The van der Waals surface area contributed by atoms with Gasteiger partial charge in [0.1, 0.15) is 0 Å². The van der Waals surface area contributed by atoms with E-state index in [1.807, 2.05) is 0 Å². The second kappa shape index (κ2) is 4.83. The number of carbonyl (C=O) groups excluding carboxylic acids is 1. The van der Waals surface area contributed by atoms with Gasteiger partial charge in [-0.1, -0.05) is 0 Å². The van der Waals surface area contributed by atoms with Crippen LogP contribution in [0.15, 0.2) is 0 Å². The van der Waals surface area contributed by atoms with Crippen LogP contribution in [0.1, 0.15) is 19.8 Å². The summed E-state index contributed by atoms with van der Waals surface area (Å²) in [5.41, 5.74) is 0.